The number of nitrogens with zero attached hydrogens (tertiary/aromatic N) is 4. The van der Waals surface area contributed by atoms with Gasteiger partial charge in [0.2, 0.25) is 11.8 Å². The van der Waals surface area contributed by atoms with Gasteiger partial charge < -0.3 is 19.9 Å². The van der Waals surface area contributed by atoms with Crippen molar-refractivity contribution in [1.29, 1.82) is 5.41 Å². The van der Waals surface area contributed by atoms with Crippen LogP contribution in [0.25, 0.3) is 0 Å². The Kier molecular flexibility index (Phi) is 6.03. The first-order valence-corrected chi connectivity index (χ1v) is 10.8. The van der Waals surface area contributed by atoms with Gasteiger partial charge in [-0.2, -0.15) is 5.10 Å². The molecule has 3 heterocycles. The summed E-state index contributed by atoms with van der Waals surface area (Å²) in [5.74, 6) is -4.72. The molecule has 0 radical (unpaired) electrons. The number of fused-ring (bicyclic) bond motifs is 1. The lowest BCUT2D eigenvalue weighted by atomic mass is 9.89. The summed E-state index contributed by atoms with van der Waals surface area (Å²) in [6.07, 6.45) is 1.56. The van der Waals surface area contributed by atoms with Gasteiger partial charge >= 0.3 is 11.9 Å². The van der Waals surface area contributed by atoms with E-state index >= 15 is 0 Å². The summed E-state index contributed by atoms with van der Waals surface area (Å²) in [5.41, 5.74) is -0.0544. The number of benzene rings is 1. The van der Waals surface area contributed by atoms with Crippen LogP contribution in [0.5, 0.6) is 0 Å². The fourth-order valence-corrected chi connectivity index (χ4v) is 4.29. The van der Waals surface area contributed by atoms with Crippen molar-refractivity contribution >= 4 is 35.1 Å². The van der Waals surface area contributed by atoms with Crippen molar-refractivity contribution in [3.8, 4) is 0 Å². The summed E-state index contributed by atoms with van der Waals surface area (Å²) >= 11 is 0. The smallest absolute Gasteiger partial charge is 0.336 e. The number of nitrogens with one attached hydrogen (secondary N) is 2. The number of carbonyl (C=O) groups is 2. The Morgan fingerprint density at radius 1 is 1.31 bits per heavy atom. The molecule has 1 unspecified atom stereocenters. The molecule has 2 aliphatic rings. The lowest BCUT2D eigenvalue weighted by molar-refractivity contribution is -0.134. The Bertz CT molecular complexity index is 1220. The molecular formula is C22H25F3N7O3+. The van der Waals surface area contributed by atoms with Gasteiger partial charge in [-0.25, -0.2) is 23.4 Å². The SMILES string of the molecule is CC(=[NH2+])OC(=N)C1(C)CC(=O)N(c2cnn3c2CN(C(=O)Nc2cc(F)c(F)c(F)c2)[C@@H](C)C3)C1. The van der Waals surface area contributed by atoms with Crippen LogP contribution in [-0.2, 0) is 22.6 Å². The largest absolute Gasteiger partial charge is 0.394 e. The van der Waals surface area contributed by atoms with Crippen molar-refractivity contribution < 1.29 is 32.9 Å². The van der Waals surface area contributed by atoms with E-state index in [1.54, 1.807) is 18.5 Å². The number of urea groups is 1. The summed E-state index contributed by atoms with van der Waals surface area (Å²) in [6.45, 7) is 5.54. The third-order valence-corrected chi connectivity index (χ3v) is 6.16. The fourth-order valence-electron chi connectivity index (χ4n) is 4.29. The maximum absolute atomic E-state index is 13.6. The molecule has 1 aromatic heterocycles. The molecule has 1 fully saturated rings. The van der Waals surface area contributed by atoms with Crippen LogP contribution in [0.3, 0.4) is 0 Å². The minimum atomic E-state index is -1.62. The van der Waals surface area contributed by atoms with Crippen molar-refractivity contribution in [2.24, 2.45) is 5.41 Å². The molecule has 1 aromatic carbocycles. The van der Waals surface area contributed by atoms with Gasteiger partial charge in [0, 0.05) is 30.8 Å². The summed E-state index contributed by atoms with van der Waals surface area (Å²) in [5, 5.41) is 20.5. The first-order valence-electron chi connectivity index (χ1n) is 10.8. The number of hydrogen-bond donors (Lipinski definition) is 3. The molecule has 10 nitrogen and oxygen atoms in total. The summed E-state index contributed by atoms with van der Waals surface area (Å²) in [6, 6.07) is 0.404. The minimum absolute atomic E-state index is 0.0338. The highest BCUT2D eigenvalue weighted by molar-refractivity contribution is 6.03. The first-order chi connectivity index (χ1) is 16.4. The predicted octanol–water partition coefficient (Wildman–Crippen LogP) is 1.65. The van der Waals surface area contributed by atoms with E-state index in [1.165, 1.54) is 22.9 Å². The van der Waals surface area contributed by atoms with Gasteiger partial charge in [0.15, 0.2) is 17.5 Å². The molecule has 1 saturated heterocycles. The molecule has 4 rings (SSSR count). The second-order valence-corrected chi connectivity index (χ2v) is 9.08. The van der Waals surface area contributed by atoms with Crippen LogP contribution in [0.4, 0.5) is 29.3 Å². The molecule has 0 saturated carbocycles. The van der Waals surface area contributed by atoms with Gasteiger partial charge in [-0.15, -0.1) is 0 Å². The average Bonchev–Trinajstić information content (AvgIpc) is 3.30. The Labute approximate surface area is 198 Å². The van der Waals surface area contributed by atoms with Crippen LogP contribution in [-0.4, -0.2) is 51.0 Å². The molecule has 0 spiro atoms. The first kappa shape index (κ1) is 24.2. The van der Waals surface area contributed by atoms with Gasteiger partial charge in [0.05, 0.1) is 49.0 Å². The number of carbonyl (C=O) groups excluding carboxylic acids is 2. The van der Waals surface area contributed by atoms with E-state index in [9.17, 15) is 22.8 Å². The van der Waals surface area contributed by atoms with Crippen molar-refractivity contribution in [2.75, 3.05) is 16.8 Å². The van der Waals surface area contributed by atoms with Gasteiger partial charge in [-0.05, 0) is 13.8 Å². The van der Waals surface area contributed by atoms with E-state index in [1.807, 2.05) is 0 Å². The lowest BCUT2D eigenvalue weighted by Crippen LogP contribution is -2.47. The number of ether oxygens (including phenoxy) is 1. The summed E-state index contributed by atoms with van der Waals surface area (Å²) in [7, 11) is 0. The fraction of sp³-hybridized carbons (Fsp3) is 0.409. The lowest BCUT2D eigenvalue weighted by Gasteiger charge is -2.35. The molecule has 3 amide bonds. The summed E-state index contributed by atoms with van der Waals surface area (Å²) in [4.78, 5) is 28.7. The highest BCUT2D eigenvalue weighted by Crippen LogP contribution is 2.38. The molecule has 2 aromatic rings. The van der Waals surface area contributed by atoms with Crippen LogP contribution in [0.15, 0.2) is 18.3 Å². The third-order valence-electron chi connectivity index (χ3n) is 6.16. The van der Waals surface area contributed by atoms with Gasteiger partial charge in [-0.1, -0.05) is 0 Å². The van der Waals surface area contributed by atoms with E-state index in [0.717, 1.165) is 0 Å². The zero-order chi connectivity index (χ0) is 25.7. The molecule has 4 N–H and O–H groups in total. The van der Waals surface area contributed by atoms with Crippen LogP contribution in [0, 0.1) is 28.3 Å². The second kappa shape index (κ2) is 8.71. The Morgan fingerprint density at radius 2 is 1.97 bits per heavy atom. The number of anilines is 2. The number of aromatic nitrogens is 2. The highest BCUT2D eigenvalue weighted by Gasteiger charge is 2.46. The maximum atomic E-state index is 13.6. The standard InChI is InChI=1S/C22H24F3N7O3/c1-11-8-32-17(9-30(11)21(34)29-13-4-14(23)19(25)15(24)5-13)16(7-28-32)31-10-22(3,6-18(31)33)20(27)35-12(2)26/h4-5,7,11,26-27H,6,8-10H2,1-3H3,(H,29,34)/p+1/t11-,22?/m0/s1. The summed E-state index contributed by atoms with van der Waals surface area (Å²) < 4.78 is 47.3. The van der Waals surface area contributed by atoms with Crippen LogP contribution in [0.1, 0.15) is 32.9 Å². The molecule has 35 heavy (non-hydrogen) atoms. The zero-order valence-electron chi connectivity index (χ0n) is 19.4. The topological polar surface area (TPSA) is 129 Å². The minimum Gasteiger partial charge on any atom is -0.394 e. The number of hydrogen-bond acceptors (Lipinski definition) is 5. The van der Waals surface area contributed by atoms with Gasteiger partial charge in [0.1, 0.15) is 0 Å². The van der Waals surface area contributed by atoms with Crippen molar-refractivity contribution in [3.05, 3.63) is 41.5 Å². The molecule has 0 bridgehead atoms. The molecule has 186 valence electrons. The monoisotopic (exact) mass is 492 g/mol. The number of rotatable bonds is 3. The predicted molar refractivity (Wildman–Crippen MR) is 119 cm³/mol. The molecule has 2 atom stereocenters. The maximum Gasteiger partial charge on any atom is 0.336 e. The highest BCUT2D eigenvalue weighted by atomic mass is 19.2. The van der Waals surface area contributed by atoms with Crippen LogP contribution < -0.4 is 15.6 Å². The van der Waals surface area contributed by atoms with Crippen LogP contribution in [0.2, 0.25) is 0 Å². The van der Waals surface area contributed by atoms with E-state index in [2.05, 4.69) is 10.4 Å². The van der Waals surface area contributed by atoms with E-state index in [0.29, 0.717) is 30.1 Å². The quantitative estimate of drug-likeness (QED) is 0.342. The van der Waals surface area contributed by atoms with Crippen molar-refractivity contribution in [3.63, 3.8) is 0 Å². The van der Waals surface area contributed by atoms with Crippen LogP contribution >= 0.6 is 0 Å². The molecule has 13 heteroatoms. The van der Waals surface area contributed by atoms with E-state index in [4.69, 9.17) is 15.6 Å². The van der Waals surface area contributed by atoms with E-state index in [-0.39, 0.29) is 48.9 Å². The zero-order valence-corrected chi connectivity index (χ0v) is 19.4. The Balaban J connectivity index is 1.55. The Morgan fingerprint density at radius 3 is 2.60 bits per heavy atom. The molecule has 2 aliphatic heterocycles. The third kappa shape index (κ3) is 4.45. The second-order valence-electron chi connectivity index (χ2n) is 9.08. The number of halogens is 3. The number of nitrogens with two attached hydrogens (primary N) is 1. The van der Waals surface area contributed by atoms with E-state index < -0.39 is 28.9 Å². The van der Waals surface area contributed by atoms with Crippen molar-refractivity contribution in [1.82, 2.24) is 14.7 Å². The van der Waals surface area contributed by atoms with Crippen molar-refractivity contribution in [2.45, 2.75) is 46.3 Å². The number of amides is 3. The normalized spacial score (nSPS) is 21.7. The van der Waals surface area contributed by atoms with Gasteiger partial charge in [-0.3, -0.25) is 14.9 Å². The van der Waals surface area contributed by atoms with Gasteiger partial charge in [0.25, 0.3) is 0 Å². The molecular weight excluding hydrogens is 467 g/mol. The average molecular weight is 492 g/mol. The Hall–Kier alpha value is -3.90. The molecule has 0 aliphatic carbocycles.